The molecule has 0 aliphatic carbocycles. The van der Waals surface area contributed by atoms with E-state index in [9.17, 15) is 4.79 Å². The van der Waals surface area contributed by atoms with Gasteiger partial charge in [0.05, 0.1) is 5.56 Å². The maximum Gasteiger partial charge on any atom is 0.255 e. The molecule has 2 nitrogen and oxygen atoms in total. The van der Waals surface area contributed by atoms with Crippen LogP contribution in [0, 0.1) is 0 Å². The Labute approximate surface area is 128 Å². The fourth-order valence-corrected chi connectivity index (χ4v) is 3.27. The van der Waals surface area contributed by atoms with Crippen molar-refractivity contribution in [3.63, 3.8) is 0 Å². The molecule has 19 heavy (non-hydrogen) atoms. The number of rotatable bonds is 2. The predicted octanol–water partition coefficient (Wildman–Crippen LogP) is 4.90. The van der Waals surface area contributed by atoms with Gasteiger partial charge in [-0.1, -0.05) is 31.4 Å². The van der Waals surface area contributed by atoms with Crippen molar-refractivity contribution >= 4 is 33.4 Å². The van der Waals surface area contributed by atoms with E-state index in [-0.39, 0.29) is 5.91 Å². The second kappa shape index (κ2) is 6.76. The van der Waals surface area contributed by atoms with Crippen LogP contribution in [0.5, 0.6) is 0 Å². The second-order valence-electron chi connectivity index (χ2n) is 5.03. The van der Waals surface area contributed by atoms with Crippen LogP contribution < -0.4 is 0 Å². The van der Waals surface area contributed by atoms with E-state index in [4.69, 9.17) is 11.6 Å². The highest BCUT2D eigenvalue weighted by Crippen LogP contribution is 2.26. The zero-order valence-electron chi connectivity index (χ0n) is 11.2. The molecule has 0 aromatic heterocycles. The van der Waals surface area contributed by atoms with Gasteiger partial charge >= 0.3 is 0 Å². The first-order valence-corrected chi connectivity index (χ1v) is 8.06. The van der Waals surface area contributed by atoms with E-state index in [2.05, 4.69) is 22.9 Å². The number of likely N-dealkylation sites (tertiary alicyclic amines) is 1. The highest BCUT2D eigenvalue weighted by molar-refractivity contribution is 9.10. The Morgan fingerprint density at radius 1 is 1.42 bits per heavy atom. The van der Waals surface area contributed by atoms with E-state index in [1.165, 1.54) is 12.8 Å². The van der Waals surface area contributed by atoms with Crippen LogP contribution in [-0.4, -0.2) is 23.4 Å². The average molecular weight is 345 g/mol. The van der Waals surface area contributed by atoms with Gasteiger partial charge in [-0.25, -0.2) is 0 Å². The molecule has 1 saturated heterocycles. The van der Waals surface area contributed by atoms with Gasteiger partial charge in [-0.3, -0.25) is 4.79 Å². The van der Waals surface area contributed by atoms with Crippen LogP contribution in [0.25, 0.3) is 0 Å². The first-order chi connectivity index (χ1) is 9.13. The Kier molecular flexibility index (Phi) is 5.28. The molecular formula is C15H19BrClNO. The van der Waals surface area contributed by atoms with Crippen LogP contribution in [-0.2, 0) is 0 Å². The highest BCUT2D eigenvalue weighted by Gasteiger charge is 2.26. The van der Waals surface area contributed by atoms with Crippen LogP contribution in [0.15, 0.2) is 22.7 Å². The average Bonchev–Trinajstić information content (AvgIpc) is 2.65. The monoisotopic (exact) mass is 343 g/mol. The fraction of sp³-hybridized carbons (Fsp3) is 0.533. The Morgan fingerprint density at radius 2 is 2.21 bits per heavy atom. The summed E-state index contributed by atoms with van der Waals surface area (Å²) in [5, 5.41) is 0.606. The summed E-state index contributed by atoms with van der Waals surface area (Å²) in [6.07, 6.45) is 5.67. The summed E-state index contributed by atoms with van der Waals surface area (Å²) in [7, 11) is 0. The highest BCUT2D eigenvalue weighted by atomic mass is 79.9. The molecule has 1 aromatic carbocycles. The minimum Gasteiger partial charge on any atom is -0.336 e. The Bertz CT molecular complexity index is 463. The smallest absolute Gasteiger partial charge is 0.255 e. The molecule has 104 valence electrons. The minimum absolute atomic E-state index is 0.100. The summed E-state index contributed by atoms with van der Waals surface area (Å²) in [4.78, 5) is 14.8. The molecule has 1 aromatic rings. The van der Waals surface area contributed by atoms with Crippen molar-refractivity contribution in [3.8, 4) is 0 Å². The predicted molar refractivity (Wildman–Crippen MR) is 82.7 cm³/mol. The quantitative estimate of drug-likeness (QED) is 0.747. The first kappa shape index (κ1) is 14.9. The number of halogens is 2. The summed E-state index contributed by atoms with van der Waals surface area (Å²) in [6.45, 7) is 3.01. The Morgan fingerprint density at radius 3 is 2.95 bits per heavy atom. The molecular weight excluding hydrogens is 326 g/mol. The fourth-order valence-electron chi connectivity index (χ4n) is 2.69. The van der Waals surface area contributed by atoms with Crippen molar-refractivity contribution in [1.29, 1.82) is 0 Å². The van der Waals surface area contributed by atoms with Gasteiger partial charge in [0.1, 0.15) is 0 Å². The van der Waals surface area contributed by atoms with Crippen LogP contribution >= 0.6 is 27.5 Å². The normalized spacial score (nSPS) is 20.2. The summed E-state index contributed by atoms with van der Waals surface area (Å²) in [5.74, 6) is 0.100. The van der Waals surface area contributed by atoms with Crippen molar-refractivity contribution in [2.45, 2.75) is 45.1 Å². The van der Waals surface area contributed by atoms with Crippen molar-refractivity contribution in [2.75, 3.05) is 6.54 Å². The molecule has 1 fully saturated rings. The molecule has 1 atom stereocenters. The first-order valence-electron chi connectivity index (χ1n) is 6.89. The molecule has 1 heterocycles. The lowest BCUT2D eigenvalue weighted by Gasteiger charge is -2.29. The molecule has 0 N–H and O–H groups in total. The van der Waals surface area contributed by atoms with Gasteiger partial charge < -0.3 is 4.90 Å². The number of carbonyl (C=O) groups is 1. The third kappa shape index (κ3) is 3.51. The largest absolute Gasteiger partial charge is 0.336 e. The molecule has 0 saturated carbocycles. The molecule has 0 spiro atoms. The number of hydrogen-bond donors (Lipinski definition) is 0. The number of nitrogens with zero attached hydrogens (tertiary/aromatic N) is 1. The van der Waals surface area contributed by atoms with E-state index in [1.807, 2.05) is 11.0 Å². The molecule has 1 aliphatic heterocycles. The molecule has 0 bridgehead atoms. The van der Waals surface area contributed by atoms with Gasteiger partial charge in [0.25, 0.3) is 5.91 Å². The van der Waals surface area contributed by atoms with Crippen molar-refractivity contribution in [3.05, 3.63) is 33.3 Å². The second-order valence-corrected chi connectivity index (χ2v) is 6.32. The van der Waals surface area contributed by atoms with Gasteiger partial charge in [0.2, 0.25) is 0 Å². The summed E-state index contributed by atoms with van der Waals surface area (Å²) in [5.41, 5.74) is 0.674. The zero-order chi connectivity index (χ0) is 13.8. The lowest BCUT2D eigenvalue weighted by Crippen LogP contribution is -2.39. The van der Waals surface area contributed by atoms with Gasteiger partial charge in [-0.15, -0.1) is 0 Å². The van der Waals surface area contributed by atoms with Gasteiger partial charge in [0, 0.05) is 22.1 Å². The molecule has 1 amide bonds. The third-order valence-corrected chi connectivity index (χ3v) is 4.69. The summed E-state index contributed by atoms with van der Waals surface area (Å²) < 4.78 is 0.820. The van der Waals surface area contributed by atoms with E-state index in [0.717, 1.165) is 30.3 Å². The molecule has 1 aliphatic rings. The maximum atomic E-state index is 12.7. The molecule has 1 unspecified atom stereocenters. The van der Waals surface area contributed by atoms with Gasteiger partial charge in [-0.05, 0) is 53.4 Å². The summed E-state index contributed by atoms with van der Waals surface area (Å²) >= 11 is 9.46. The van der Waals surface area contributed by atoms with Gasteiger partial charge in [-0.2, -0.15) is 0 Å². The number of benzene rings is 1. The lowest BCUT2D eigenvalue weighted by atomic mass is 10.1. The lowest BCUT2D eigenvalue weighted by molar-refractivity contribution is 0.0677. The standard InChI is InChI=1S/C15H19BrClNO/c1-2-12-6-4-3-5-9-18(12)15(19)13-10-11(17)7-8-14(13)16/h7-8,10,12H,2-6,9H2,1H3. The Hall–Kier alpha value is -0.540. The van der Waals surface area contributed by atoms with Crippen LogP contribution in [0.4, 0.5) is 0 Å². The van der Waals surface area contributed by atoms with E-state index >= 15 is 0 Å². The van der Waals surface area contributed by atoms with Crippen molar-refractivity contribution in [2.24, 2.45) is 0 Å². The van der Waals surface area contributed by atoms with Crippen LogP contribution in [0.2, 0.25) is 5.02 Å². The minimum atomic E-state index is 0.100. The molecule has 2 rings (SSSR count). The zero-order valence-corrected chi connectivity index (χ0v) is 13.5. The van der Waals surface area contributed by atoms with E-state index < -0.39 is 0 Å². The third-order valence-electron chi connectivity index (χ3n) is 3.77. The van der Waals surface area contributed by atoms with E-state index in [1.54, 1.807) is 12.1 Å². The van der Waals surface area contributed by atoms with Crippen LogP contribution in [0.3, 0.4) is 0 Å². The van der Waals surface area contributed by atoms with Gasteiger partial charge in [0.15, 0.2) is 0 Å². The SMILES string of the molecule is CCC1CCCCCN1C(=O)c1cc(Cl)ccc1Br. The maximum absolute atomic E-state index is 12.7. The van der Waals surface area contributed by atoms with Crippen LogP contribution in [0.1, 0.15) is 49.4 Å². The number of hydrogen-bond acceptors (Lipinski definition) is 1. The topological polar surface area (TPSA) is 20.3 Å². The Balaban J connectivity index is 2.27. The summed E-state index contributed by atoms with van der Waals surface area (Å²) in [6, 6.07) is 5.75. The van der Waals surface area contributed by atoms with Crippen molar-refractivity contribution in [1.82, 2.24) is 4.90 Å². The van der Waals surface area contributed by atoms with Crippen molar-refractivity contribution < 1.29 is 4.79 Å². The number of amides is 1. The van der Waals surface area contributed by atoms with E-state index in [0.29, 0.717) is 16.6 Å². The molecule has 0 radical (unpaired) electrons. The number of carbonyl (C=O) groups excluding carboxylic acids is 1. The molecule has 4 heteroatoms.